The van der Waals surface area contributed by atoms with Crippen LogP contribution in [0, 0.1) is 11.3 Å². The molecule has 3 rings (SSSR count). The van der Waals surface area contributed by atoms with E-state index < -0.39 is 0 Å². The summed E-state index contributed by atoms with van der Waals surface area (Å²) in [6.45, 7) is 0.530. The predicted octanol–water partition coefficient (Wildman–Crippen LogP) is 4.47. The molecule has 0 bridgehead atoms. The lowest BCUT2D eigenvalue weighted by atomic mass is 10.2. The zero-order chi connectivity index (χ0) is 18.4. The topological polar surface area (TPSA) is 77.8 Å². The molecule has 1 aromatic heterocycles. The summed E-state index contributed by atoms with van der Waals surface area (Å²) in [5, 5.41) is 15.5. The van der Waals surface area contributed by atoms with E-state index in [1.807, 2.05) is 30.3 Å². The lowest BCUT2D eigenvalue weighted by Gasteiger charge is -2.09. The Morgan fingerprint density at radius 1 is 1.08 bits per heavy atom. The second kappa shape index (κ2) is 8.15. The van der Waals surface area contributed by atoms with Crippen LogP contribution in [0.3, 0.4) is 0 Å². The Labute approximate surface area is 156 Å². The minimum absolute atomic E-state index is 0.274. The van der Waals surface area contributed by atoms with Crippen LogP contribution in [0.2, 0.25) is 5.02 Å². The summed E-state index contributed by atoms with van der Waals surface area (Å²) >= 11 is 6.14. The van der Waals surface area contributed by atoms with Crippen molar-refractivity contribution in [2.75, 3.05) is 10.6 Å². The molecule has 0 aliphatic carbocycles. The van der Waals surface area contributed by atoms with Gasteiger partial charge in [-0.15, -0.1) is 0 Å². The van der Waals surface area contributed by atoms with E-state index in [2.05, 4.69) is 15.6 Å². The van der Waals surface area contributed by atoms with E-state index in [1.54, 1.807) is 36.5 Å². The van der Waals surface area contributed by atoms with Crippen molar-refractivity contribution in [1.82, 2.24) is 4.98 Å². The monoisotopic (exact) mass is 362 g/mol. The van der Waals surface area contributed by atoms with Crippen molar-refractivity contribution in [2.24, 2.45) is 0 Å². The first kappa shape index (κ1) is 17.5. The normalized spacial score (nSPS) is 10.0. The lowest BCUT2D eigenvalue weighted by molar-refractivity contribution is 0.102. The number of anilines is 2. The van der Waals surface area contributed by atoms with Gasteiger partial charge in [0.25, 0.3) is 5.91 Å². The number of aromatic nitrogens is 1. The first-order chi connectivity index (χ1) is 12.7. The van der Waals surface area contributed by atoms with Gasteiger partial charge < -0.3 is 10.6 Å². The van der Waals surface area contributed by atoms with Gasteiger partial charge in [0.2, 0.25) is 0 Å². The van der Waals surface area contributed by atoms with Crippen LogP contribution in [0.5, 0.6) is 0 Å². The summed E-state index contributed by atoms with van der Waals surface area (Å²) < 4.78 is 0. The first-order valence-corrected chi connectivity index (χ1v) is 8.27. The van der Waals surface area contributed by atoms with Gasteiger partial charge in [0.1, 0.15) is 0 Å². The highest BCUT2D eigenvalue weighted by atomic mass is 35.5. The maximum absolute atomic E-state index is 12.4. The van der Waals surface area contributed by atoms with E-state index in [0.29, 0.717) is 28.4 Å². The maximum Gasteiger partial charge on any atom is 0.257 e. The van der Waals surface area contributed by atoms with Gasteiger partial charge in [0.05, 0.1) is 22.9 Å². The number of carbonyl (C=O) groups is 1. The third-order valence-corrected chi connectivity index (χ3v) is 4.08. The molecule has 1 amide bonds. The molecule has 2 N–H and O–H groups in total. The fourth-order valence-electron chi connectivity index (χ4n) is 2.33. The molecule has 0 saturated carbocycles. The Morgan fingerprint density at radius 3 is 2.58 bits per heavy atom. The van der Waals surface area contributed by atoms with Crippen molar-refractivity contribution >= 4 is 28.9 Å². The molecule has 0 aliphatic rings. The van der Waals surface area contributed by atoms with Crippen LogP contribution in [0.1, 0.15) is 21.5 Å². The maximum atomic E-state index is 12.4. The van der Waals surface area contributed by atoms with Gasteiger partial charge in [0.15, 0.2) is 0 Å². The van der Waals surface area contributed by atoms with Crippen molar-refractivity contribution in [1.29, 1.82) is 5.26 Å². The third-order valence-electron chi connectivity index (χ3n) is 3.71. The highest BCUT2D eigenvalue weighted by Crippen LogP contribution is 2.18. The molecule has 0 radical (unpaired) electrons. The number of halogens is 1. The van der Waals surface area contributed by atoms with Crippen LogP contribution in [0.4, 0.5) is 11.4 Å². The Kier molecular flexibility index (Phi) is 5.47. The van der Waals surface area contributed by atoms with Crippen molar-refractivity contribution in [3.8, 4) is 6.07 Å². The third kappa shape index (κ3) is 4.38. The van der Waals surface area contributed by atoms with Crippen molar-refractivity contribution < 1.29 is 4.79 Å². The predicted molar refractivity (Wildman–Crippen MR) is 102 cm³/mol. The Bertz CT molecular complexity index is 964. The van der Waals surface area contributed by atoms with Crippen LogP contribution in [0.25, 0.3) is 0 Å². The molecule has 0 saturated heterocycles. The molecule has 0 fully saturated rings. The molecule has 128 valence electrons. The first-order valence-electron chi connectivity index (χ1n) is 7.89. The zero-order valence-corrected chi connectivity index (χ0v) is 14.5. The standard InChI is InChI=1S/C20H15ClN4O/c21-19-4-2-1-3-15(19)12-24-18-9-16(11-23-13-18)20(26)25-17-7-5-14(10-22)6-8-17/h1-9,11,13,24H,12H2,(H,25,26). The van der Waals surface area contributed by atoms with E-state index in [0.717, 1.165) is 11.3 Å². The number of amides is 1. The van der Waals surface area contributed by atoms with E-state index in [1.165, 1.54) is 6.20 Å². The highest BCUT2D eigenvalue weighted by Gasteiger charge is 2.08. The molecule has 1 heterocycles. The Balaban J connectivity index is 1.67. The minimum atomic E-state index is -0.274. The summed E-state index contributed by atoms with van der Waals surface area (Å²) in [6.07, 6.45) is 3.15. The van der Waals surface area contributed by atoms with Crippen LogP contribution >= 0.6 is 11.6 Å². The van der Waals surface area contributed by atoms with E-state index in [4.69, 9.17) is 16.9 Å². The number of hydrogen-bond acceptors (Lipinski definition) is 4. The SMILES string of the molecule is N#Cc1ccc(NC(=O)c2cncc(NCc3ccccc3Cl)c2)cc1. The molecule has 2 aromatic carbocycles. The smallest absolute Gasteiger partial charge is 0.257 e. The minimum Gasteiger partial charge on any atom is -0.380 e. The fourth-order valence-corrected chi connectivity index (χ4v) is 2.53. The molecule has 0 spiro atoms. The van der Waals surface area contributed by atoms with Gasteiger partial charge in [-0.25, -0.2) is 0 Å². The number of hydrogen-bond donors (Lipinski definition) is 2. The molecule has 26 heavy (non-hydrogen) atoms. The molecule has 0 aliphatic heterocycles. The van der Waals surface area contributed by atoms with Crippen molar-refractivity contribution in [3.05, 3.63) is 88.7 Å². The number of nitriles is 1. The molecule has 3 aromatic rings. The Hall–Kier alpha value is -3.36. The van der Waals surface area contributed by atoms with Crippen molar-refractivity contribution in [3.63, 3.8) is 0 Å². The molecule has 5 nitrogen and oxygen atoms in total. The average Bonchev–Trinajstić information content (AvgIpc) is 2.68. The quantitative estimate of drug-likeness (QED) is 0.701. The van der Waals surface area contributed by atoms with Crippen LogP contribution in [-0.2, 0) is 6.54 Å². The van der Waals surface area contributed by atoms with E-state index in [-0.39, 0.29) is 5.91 Å². The van der Waals surface area contributed by atoms with Crippen LogP contribution in [0.15, 0.2) is 67.0 Å². The molecular weight excluding hydrogens is 348 g/mol. The highest BCUT2D eigenvalue weighted by molar-refractivity contribution is 6.31. The van der Waals surface area contributed by atoms with Crippen LogP contribution < -0.4 is 10.6 Å². The summed E-state index contributed by atoms with van der Waals surface area (Å²) in [7, 11) is 0. The number of benzene rings is 2. The van der Waals surface area contributed by atoms with Gasteiger partial charge in [-0.05, 0) is 42.0 Å². The number of nitrogens with zero attached hydrogens (tertiary/aromatic N) is 2. The van der Waals surface area contributed by atoms with Gasteiger partial charge in [0, 0.05) is 29.6 Å². The van der Waals surface area contributed by atoms with Crippen molar-refractivity contribution in [2.45, 2.75) is 6.54 Å². The Morgan fingerprint density at radius 2 is 1.85 bits per heavy atom. The van der Waals surface area contributed by atoms with E-state index >= 15 is 0 Å². The summed E-state index contributed by atoms with van der Waals surface area (Å²) in [5.41, 5.74) is 3.26. The molecular formula is C20H15ClN4O. The van der Waals surface area contributed by atoms with Gasteiger partial charge >= 0.3 is 0 Å². The summed E-state index contributed by atoms with van der Waals surface area (Å²) in [5.74, 6) is -0.274. The molecule has 6 heteroatoms. The fraction of sp³-hybridized carbons (Fsp3) is 0.0500. The summed E-state index contributed by atoms with van der Waals surface area (Å²) in [6, 6.07) is 18.0. The largest absolute Gasteiger partial charge is 0.380 e. The summed E-state index contributed by atoms with van der Waals surface area (Å²) in [4.78, 5) is 16.5. The lowest BCUT2D eigenvalue weighted by Crippen LogP contribution is -2.12. The van der Waals surface area contributed by atoms with Gasteiger partial charge in [-0.2, -0.15) is 5.26 Å². The number of pyridine rings is 1. The van der Waals surface area contributed by atoms with Crippen LogP contribution in [-0.4, -0.2) is 10.9 Å². The average molecular weight is 363 g/mol. The second-order valence-electron chi connectivity index (χ2n) is 5.55. The van der Waals surface area contributed by atoms with E-state index in [9.17, 15) is 4.79 Å². The van der Waals surface area contributed by atoms with Gasteiger partial charge in [-0.1, -0.05) is 29.8 Å². The zero-order valence-electron chi connectivity index (χ0n) is 13.7. The van der Waals surface area contributed by atoms with Gasteiger partial charge in [-0.3, -0.25) is 9.78 Å². The second-order valence-corrected chi connectivity index (χ2v) is 5.96. The molecule has 0 unspecified atom stereocenters. The number of rotatable bonds is 5. The number of nitrogens with one attached hydrogen (secondary N) is 2. The molecule has 0 atom stereocenters. The number of carbonyl (C=O) groups excluding carboxylic acids is 1.